The highest BCUT2D eigenvalue weighted by molar-refractivity contribution is 7.89. The van der Waals surface area contributed by atoms with Crippen molar-refractivity contribution in [2.75, 3.05) is 12.3 Å². The Labute approximate surface area is 114 Å². The summed E-state index contributed by atoms with van der Waals surface area (Å²) in [6.07, 6.45) is 1.66. The van der Waals surface area contributed by atoms with E-state index in [2.05, 4.69) is 4.72 Å². The van der Waals surface area contributed by atoms with Gasteiger partial charge in [-0.3, -0.25) is 0 Å². The molecule has 0 heterocycles. The minimum atomic E-state index is -3.46. The molecule has 106 valence electrons. The third-order valence-electron chi connectivity index (χ3n) is 3.37. The maximum Gasteiger partial charge on any atom is 0.240 e. The molecular formula is C13H20N2O3S. The lowest BCUT2D eigenvalue weighted by Crippen LogP contribution is -2.47. The molecule has 3 N–H and O–H groups in total. The SMILES string of the molecule is CCOC1CC(NS(=O)(=O)c2ccc(N)c(C)c2)C1. The third-order valence-corrected chi connectivity index (χ3v) is 4.89. The summed E-state index contributed by atoms with van der Waals surface area (Å²) < 4.78 is 32.4. The quantitative estimate of drug-likeness (QED) is 0.801. The number of anilines is 1. The smallest absolute Gasteiger partial charge is 0.240 e. The van der Waals surface area contributed by atoms with Gasteiger partial charge >= 0.3 is 0 Å². The lowest BCUT2D eigenvalue weighted by atomic mass is 9.90. The standard InChI is InChI=1S/C13H20N2O3S/c1-3-18-11-7-10(8-11)15-19(16,17)12-4-5-13(14)9(2)6-12/h4-6,10-11,15H,3,7-8,14H2,1-2H3. The second-order valence-corrected chi connectivity index (χ2v) is 6.60. The van der Waals surface area contributed by atoms with E-state index in [1.165, 1.54) is 6.07 Å². The van der Waals surface area contributed by atoms with Gasteiger partial charge in [0.25, 0.3) is 0 Å². The number of hydrogen-bond donors (Lipinski definition) is 2. The topological polar surface area (TPSA) is 81.4 Å². The molecule has 2 rings (SSSR count). The second kappa shape index (κ2) is 5.48. The van der Waals surface area contributed by atoms with Gasteiger partial charge in [0.2, 0.25) is 10.0 Å². The van der Waals surface area contributed by atoms with Crippen molar-refractivity contribution < 1.29 is 13.2 Å². The van der Waals surface area contributed by atoms with Crippen LogP contribution in [0.3, 0.4) is 0 Å². The number of ether oxygens (including phenoxy) is 1. The van der Waals surface area contributed by atoms with Crippen molar-refractivity contribution in [2.24, 2.45) is 0 Å². The second-order valence-electron chi connectivity index (χ2n) is 4.89. The molecule has 0 spiro atoms. The van der Waals surface area contributed by atoms with Gasteiger partial charge in [-0.05, 0) is 50.5 Å². The molecule has 1 aliphatic carbocycles. The minimum Gasteiger partial charge on any atom is -0.399 e. The number of rotatable bonds is 5. The van der Waals surface area contributed by atoms with Gasteiger partial charge in [-0.1, -0.05) is 0 Å². The lowest BCUT2D eigenvalue weighted by Gasteiger charge is -2.35. The monoisotopic (exact) mass is 284 g/mol. The lowest BCUT2D eigenvalue weighted by molar-refractivity contribution is -0.00475. The van der Waals surface area contributed by atoms with Crippen molar-refractivity contribution in [2.45, 2.75) is 43.7 Å². The Hall–Kier alpha value is -1.11. The van der Waals surface area contributed by atoms with Crippen molar-refractivity contribution in [3.8, 4) is 0 Å². The van der Waals surface area contributed by atoms with Crippen LogP contribution in [0.2, 0.25) is 0 Å². The summed E-state index contributed by atoms with van der Waals surface area (Å²) in [6.45, 7) is 4.40. The van der Waals surface area contributed by atoms with Crippen LogP contribution >= 0.6 is 0 Å². The molecule has 0 aliphatic heterocycles. The van der Waals surface area contributed by atoms with Crippen molar-refractivity contribution in [1.82, 2.24) is 4.72 Å². The Bertz CT molecular complexity index is 551. The molecule has 0 unspecified atom stereocenters. The zero-order chi connectivity index (χ0) is 14.0. The van der Waals surface area contributed by atoms with Crippen LogP contribution < -0.4 is 10.5 Å². The van der Waals surface area contributed by atoms with Crippen LogP contribution in [0.4, 0.5) is 5.69 Å². The fraction of sp³-hybridized carbons (Fsp3) is 0.538. The van der Waals surface area contributed by atoms with Crippen LogP contribution in [0.15, 0.2) is 23.1 Å². The molecule has 0 bridgehead atoms. The zero-order valence-corrected chi connectivity index (χ0v) is 12.0. The number of hydrogen-bond acceptors (Lipinski definition) is 4. The van der Waals surface area contributed by atoms with E-state index in [0.29, 0.717) is 12.3 Å². The summed E-state index contributed by atoms with van der Waals surface area (Å²) in [7, 11) is -3.46. The predicted octanol–water partition coefficient (Wildman–Crippen LogP) is 1.42. The van der Waals surface area contributed by atoms with Crippen molar-refractivity contribution in [3.63, 3.8) is 0 Å². The van der Waals surface area contributed by atoms with Gasteiger partial charge in [0.15, 0.2) is 0 Å². The number of nitrogen functional groups attached to an aromatic ring is 1. The highest BCUT2D eigenvalue weighted by Gasteiger charge is 2.33. The first kappa shape index (κ1) is 14.3. The van der Waals surface area contributed by atoms with Crippen LogP contribution in [-0.2, 0) is 14.8 Å². The summed E-state index contributed by atoms with van der Waals surface area (Å²) in [4.78, 5) is 0.263. The van der Waals surface area contributed by atoms with Crippen LogP contribution in [0.25, 0.3) is 0 Å². The third kappa shape index (κ3) is 3.26. The van der Waals surface area contributed by atoms with Crippen LogP contribution in [0.5, 0.6) is 0 Å². The van der Waals surface area contributed by atoms with Gasteiger partial charge < -0.3 is 10.5 Å². The predicted molar refractivity (Wildman–Crippen MR) is 74.3 cm³/mol. The van der Waals surface area contributed by atoms with Gasteiger partial charge in [0, 0.05) is 18.3 Å². The molecule has 0 saturated heterocycles. The molecular weight excluding hydrogens is 264 g/mol. The number of nitrogens with two attached hydrogens (primary N) is 1. The van der Waals surface area contributed by atoms with Gasteiger partial charge in [-0.25, -0.2) is 13.1 Å². The normalized spacial score (nSPS) is 23.1. The van der Waals surface area contributed by atoms with E-state index in [-0.39, 0.29) is 17.0 Å². The van der Waals surface area contributed by atoms with E-state index in [0.717, 1.165) is 18.4 Å². The highest BCUT2D eigenvalue weighted by Crippen LogP contribution is 2.25. The average Bonchev–Trinajstić information content (AvgIpc) is 2.30. The Morgan fingerprint density at radius 3 is 2.68 bits per heavy atom. The number of nitrogens with one attached hydrogen (secondary N) is 1. The van der Waals surface area contributed by atoms with E-state index in [1.54, 1.807) is 19.1 Å². The Kier molecular flexibility index (Phi) is 4.13. The molecule has 1 aromatic carbocycles. The van der Waals surface area contributed by atoms with Crippen molar-refractivity contribution in [3.05, 3.63) is 23.8 Å². The molecule has 19 heavy (non-hydrogen) atoms. The number of aryl methyl sites for hydroxylation is 1. The maximum absolute atomic E-state index is 12.2. The molecule has 0 aromatic heterocycles. The summed E-state index contributed by atoms with van der Waals surface area (Å²) in [5.41, 5.74) is 7.05. The first-order chi connectivity index (χ1) is 8.92. The van der Waals surface area contributed by atoms with E-state index in [9.17, 15) is 8.42 Å². The zero-order valence-electron chi connectivity index (χ0n) is 11.2. The molecule has 0 atom stereocenters. The van der Waals surface area contributed by atoms with E-state index < -0.39 is 10.0 Å². The van der Waals surface area contributed by atoms with Crippen molar-refractivity contribution >= 4 is 15.7 Å². The largest absolute Gasteiger partial charge is 0.399 e. The van der Waals surface area contributed by atoms with E-state index in [1.807, 2.05) is 6.92 Å². The highest BCUT2D eigenvalue weighted by atomic mass is 32.2. The van der Waals surface area contributed by atoms with Gasteiger partial charge in [0.05, 0.1) is 11.0 Å². The average molecular weight is 284 g/mol. The van der Waals surface area contributed by atoms with E-state index in [4.69, 9.17) is 10.5 Å². The first-order valence-corrected chi connectivity index (χ1v) is 7.90. The Morgan fingerprint density at radius 2 is 2.11 bits per heavy atom. The molecule has 1 saturated carbocycles. The van der Waals surface area contributed by atoms with Crippen molar-refractivity contribution in [1.29, 1.82) is 0 Å². The van der Waals surface area contributed by atoms with Gasteiger partial charge in [0.1, 0.15) is 0 Å². The van der Waals surface area contributed by atoms with Crippen LogP contribution in [0.1, 0.15) is 25.3 Å². The van der Waals surface area contributed by atoms with Gasteiger partial charge in [-0.15, -0.1) is 0 Å². The Balaban J connectivity index is 2.01. The van der Waals surface area contributed by atoms with Crippen LogP contribution in [-0.4, -0.2) is 27.2 Å². The van der Waals surface area contributed by atoms with Crippen LogP contribution in [0, 0.1) is 6.92 Å². The molecule has 0 radical (unpaired) electrons. The number of benzene rings is 1. The molecule has 1 fully saturated rings. The molecule has 1 aromatic rings. The molecule has 1 aliphatic rings. The summed E-state index contributed by atoms with van der Waals surface area (Å²) in [5, 5.41) is 0. The van der Waals surface area contributed by atoms with Gasteiger partial charge in [-0.2, -0.15) is 0 Å². The number of sulfonamides is 1. The molecule has 6 heteroatoms. The fourth-order valence-corrected chi connectivity index (χ4v) is 3.48. The molecule has 0 amide bonds. The summed E-state index contributed by atoms with van der Waals surface area (Å²) in [5.74, 6) is 0. The minimum absolute atomic E-state index is 0.0283. The maximum atomic E-state index is 12.2. The first-order valence-electron chi connectivity index (χ1n) is 6.42. The Morgan fingerprint density at radius 1 is 1.42 bits per heavy atom. The molecule has 5 nitrogen and oxygen atoms in total. The van der Waals surface area contributed by atoms with E-state index >= 15 is 0 Å². The summed E-state index contributed by atoms with van der Waals surface area (Å²) in [6, 6.07) is 4.72. The fourth-order valence-electron chi connectivity index (χ4n) is 2.14. The summed E-state index contributed by atoms with van der Waals surface area (Å²) >= 11 is 0.